The lowest BCUT2D eigenvalue weighted by atomic mass is 9.95. The molecular weight excluding hydrogens is 650 g/mol. The van der Waals surface area contributed by atoms with Crippen LogP contribution >= 0.6 is 23.1 Å². The number of amides is 1. The second-order valence-electron chi connectivity index (χ2n) is 10.9. The van der Waals surface area contributed by atoms with Gasteiger partial charge in [-0.05, 0) is 72.1 Å². The van der Waals surface area contributed by atoms with Crippen molar-refractivity contribution in [2.24, 2.45) is 0 Å². The molecule has 6 rings (SSSR count). The van der Waals surface area contributed by atoms with Crippen LogP contribution in [0.5, 0.6) is 11.5 Å². The standard InChI is InChI=1S/C37H30FN3O5S2/c1-3-19-45-29-15-9-26(10-16-29)32-31(33(42)27-11-17-30(18-12-27)46-21-25-6-4-5-23(2)20-25)34(43)35(44)41(32)36-39-40-37(48-36)47-22-24-7-13-28(38)14-8-24/h3-18,20,32,42H,1,19,21-22H2,2H3/b33-31+. The number of aryl methyl sites for hydroxylation is 1. The van der Waals surface area contributed by atoms with Gasteiger partial charge >= 0.3 is 5.91 Å². The molecule has 11 heteroatoms. The molecule has 0 saturated carbocycles. The predicted octanol–water partition coefficient (Wildman–Crippen LogP) is 8.05. The number of thioether (sulfide) groups is 1. The van der Waals surface area contributed by atoms with E-state index in [4.69, 9.17) is 9.47 Å². The van der Waals surface area contributed by atoms with E-state index in [1.807, 2.05) is 31.2 Å². The summed E-state index contributed by atoms with van der Waals surface area (Å²) in [6.45, 7) is 6.37. The minimum Gasteiger partial charge on any atom is -0.507 e. The predicted molar refractivity (Wildman–Crippen MR) is 185 cm³/mol. The number of carbonyl (C=O) groups is 2. The molecule has 0 radical (unpaired) electrons. The molecule has 1 aliphatic heterocycles. The fraction of sp³-hybridized carbons (Fsp3) is 0.135. The number of hydrogen-bond acceptors (Lipinski definition) is 9. The Balaban J connectivity index is 1.30. The third-order valence-corrected chi connectivity index (χ3v) is 9.63. The summed E-state index contributed by atoms with van der Waals surface area (Å²) in [5.74, 6) is -0.660. The van der Waals surface area contributed by atoms with Crippen LogP contribution in [0.3, 0.4) is 0 Å². The van der Waals surface area contributed by atoms with Crippen LogP contribution in [0, 0.1) is 12.7 Å². The van der Waals surface area contributed by atoms with Crippen LogP contribution in [0.2, 0.25) is 0 Å². The minimum absolute atomic E-state index is 0.0797. The molecule has 1 fully saturated rings. The van der Waals surface area contributed by atoms with Crippen molar-refractivity contribution >= 4 is 45.7 Å². The lowest BCUT2D eigenvalue weighted by molar-refractivity contribution is -0.132. The van der Waals surface area contributed by atoms with Crippen molar-refractivity contribution in [3.8, 4) is 11.5 Å². The molecule has 1 aromatic heterocycles. The molecule has 1 saturated heterocycles. The smallest absolute Gasteiger partial charge is 0.301 e. The largest absolute Gasteiger partial charge is 0.507 e. The molecule has 8 nitrogen and oxygen atoms in total. The molecule has 4 aromatic carbocycles. The van der Waals surface area contributed by atoms with E-state index in [0.29, 0.717) is 45.9 Å². The number of anilines is 1. The molecule has 0 bridgehead atoms. The number of hydrogen-bond donors (Lipinski definition) is 1. The van der Waals surface area contributed by atoms with Crippen molar-refractivity contribution in [1.29, 1.82) is 0 Å². The van der Waals surface area contributed by atoms with E-state index in [-0.39, 0.29) is 22.3 Å². The second-order valence-corrected chi connectivity index (χ2v) is 13.1. The highest BCUT2D eigenvalue weighted by molar-refractivity contribution is 8.00. The Labute approximate surface area is 285 Å². The Morgan fingerprint density at radius 2 is 1.67 bits per heavy atom. The highest BCUT2D eigenvalue weighted by Crippen LogP contribution is 2.44. The van der Waals surface area contributed by atoms with E-state index in [0.717, 1.165) is 28.0 Å². The average molecular weight is 680 g/mol. The molecule has 1 atom stereocenters. The molecule has 0 spiro atoms. The van der Waals surface area contributed by atoms with Crippen molar-refractivity contribution < 1.29 is 28.6 Å². The third-order valence-electron chi connectivity index (χ3n) is 7.50. The summed E-state index contributed by atoms with van der Waals surface area (Å²) in [7, 11) is 0. The Morgan fingerprint density at radius 1 is 0.958 bits per heavy atom. The quantitative estimate of drug-likeness (QED) is 0.0353. The van der Waals surface area contributed by atoms with Crippen molar-refractivity contribution in [2.45, 2.75) is 29.7 Å². The van der Waals surface area contributed by atoms with E-state index >= 15 is 0 Å². The first-order valence-corrected chi connectivity index (χ1v) is 16.7. The number of ether oxygens (including phenoxy) is 2. The van der Waals surface area contributed by atoms with Crippen LogP contribution in [0.15, 0.2) is 120 Å². The summed E-state index contributed by atoms with van der Waals surface area (Å²) < 4.78 is 25.4. The molecule has 1 amide bonds. The fourth-order valence-corrected chi connectivity index (χ4v) is 6.99. The number of halogens is 1. The number of rotatable bonds is 12. The van der Waals surface area contributed by atoms with Crippen molar-refractivity contribution in [3.05, 3.63) is 149 Å². The topological polar surface area (TPSA) is 102 Å². The van der Waals surface area contributed by atoms with Gasteiger partial charge in [0, 0.05) is 11.3 Å². The van der Waals surface area contributed by atoms with Gasteiger partial charge in [-0.15, -0.1) is 10.2 Å². The first-order chi connectivity index (χ1) is 23.3. The molecule has 1 aliphatic rings. The lowest BCUT2D eigenvalue weighted by Gasteiger charge is -2.22. The Morgan fingerprint density at radius 3 is 2.38 bits per heavy atom. The van der Waals surface area contributed by atoms with Gasteiger partial charge in [-0.1, -0.05) is 89.8 Å². The second kappa shape index (κ2) is 14.7. The Bertz CT molecular complexity index is 1980. The first kappa shape index (κ1) is 32.7. The summed E-state index contributed by atoms with van der Waals surface area (Å²) in [5, 5.41) is 20.3. The average Bonchev–Trinajstić information content (AvgIpc) is 3.67. The van der Waals surface area contributed by atoms with Gasteiger partial charge in [-0.3, -0.25) is 14.5 Å². The van der Waals surface area contributed by atoms with Gasteiger partial charge < -0.3 is 14.6 Å². The molecular formula is C37H30FN3O5S2. The van der Waals surface area contributed by atoms with E-state index in [9.17, 15) is 19.1 Å². The number of benzene rings is 4. The number of aliphatic hydroxyl groups is 1. The molecule has 1 N–H and O–H groups in total. The van der Waals surface area contributed by atoms with Crippen LogP contribution < -0.4 is 14.4 Å². The highest BCUT2D eigenvalue weighted by atomic mass is 32.2. The Kier molecular flexibility index (Phi) is 9.98. The van der Waals surface area contributed by atoms with E-state index < -0.39 is 17.7 Å². The monoisotopic (exact) mass is 679 g/mol. The molecule has 1 unspecified atom stereocenters. The number of nitrogens with zero attached hydrogens (tertiary/aromatic N) is 3. The van der Waals surface area contributed by atoms with Crippen LogP contribution in [0.1, 0.15) is 33.9 Å². The minimum atomic E-state index is -0.987. The van der Waals surface area contributed by atoms with Gasteiger partial charge in [0.2, 0.25) is 5.13 Å². The zero-order valence-corrected chi connectivity index (χ0v) is 27.5. The first-order valence-electron chi connectivity index (χ1n) is 14.9. The maximum Gasteiger partial charge on any atom is 0.301 e. The van der Waals surface area contributed by atoms with Gasteiger partial charge in [0.15, 0.2) is 4.34 Å². The number of Topliss-reactive ketones (excluding diaryl/α,β-unsaturated/α-hetero) is 1. The fourth-order valence-electron chi connectivity index (χ4n) is 5.16. The van der Waals surface area contributed by atoms with Gasteiger partial charge in [-0.25, -0.2) is 4.39 Å². The molecule has 5 aromatic rings. The normalized spacial score (nSPS) is 15.5. The maximum atomic E-state index is 13.6. The van der Waals surface area contributed by atoms with Crippen LogP contribution in [0.25, 0.3) is 5.76 Å². The molecule has 2 heterocycles. The maximum absolute atomic E-state index is 13.6. The summed E-state index contributed by atoms with van der Waals surface area (Å²) in [6, 6.07) is 26.8. The van der Waals surface area contributed by atoms with Crippen molar-refractivity contribution in [2.75, 3.05) is 11.5 Å². The van der Waals surface area contributed by atoms with E-state index in [1.54, 1.807) is 66.7 Å². The zero-order valence-electron chi connectivity index (χ0n) is 25.8. The summed E-state index contributed by atoms with van der Waals surface area (Å²) in [5.41, 5.74) is 3.88. The van der Waals surface area contributed by atoms with Gasteiger partial charge in [0.05, 0.1) is 11.6 Å². The summed E-state index contributed by atoms with van der Waals surface area (Å²) in [4.78, 5) is 28.6. The van der Waals surface area contributed by atoms with E-state index in [2.05, 4.69) is 16.8 Å². The van der Waals surface area contributed by atoms with Crippen LogP contribution in [-0.2, 0) is 21.9 Å². The van der Waals surface area contributed by atoms with E-state index in [1.165, 1.54) is 28.8 Å². The number of aromatic nitrogens is 2. The van der Waals surface area contributed by atoms with Crippen molar-refractivity contribution in [3.63, 3.8) is 0 Å². The SMILES string of the molecule is C=CCOc1ccc(C2/C(=C(\O)c3ccc(OCc4cccc(C)c4)cc3)C(=O)C(=O)N2c2nnc(SCc3ccc(F)cc3)s2)cc1. The summed E-state index contributed by atoms with van der Waals surface area (Å²) in [6.07, 6.45) is 1.63. The zero-order chi connectivity index (χ0) is 33.6. The molecule has 0 aliphatic carbocycles. The number of carbonyl (C=O) groups excluding carboxylic acids is 2. The molecule has 48 heavy (non-hydrogen) atoms. The number of aliphatic hydroxyl groups excluding tert-OH is 1. The van der Waals surface area contributed by atoms with Gasteiger partial charge in [-0.2, -0.15) is 0 Å². The van der Waals surface area contributed by atoms with Crippen LogP contribution in [0.4, 0.5) is 9.52 Å². The Hall–Kier alpha value is -5.26. The van der Waals surface area contributed by atoms with Crippen LogP contribution in [-0.4, -0.2) is 33.6 Å². The molecule has 242 valence electrons. The van der Waals surface area contributed by atoms with Gasteiger partial charge in [0.25, 0.3) is 5.78 Å². The lowest BCUT2D eigenvalue weighted by Crippen LogP contribution is -2.29. The van der Waals surface area contributed by atoms with Crippen molar-refractivity contribution in [1.82, 2.24) is 10.2 Å². The highest BCUT2D eigenvalue weighted by Gasteiger charge is 2.48. The summed E-state index contributed by atoms with van der Waals surface area (Å²) >= 11 is 2.53. The number of ketones is 1. The third kappa shape index (κ3) is 7.32. The van der Waals surface area contributed by atoms with Gasteiger partial charge in [0.1, 0.15) is 36.3 Å².